The summed E-state index contributed by atoms with van der Waals surface area (Å²) in [6, 6.07) is 6.39. The van der Waals surface area contributed by atoms with Gasteiger partial charge in [0.05, 0.1) is 0 Å². The Kier molecular flexibility index (Phi) is 9.75. The average Bonchev–Trinajstić information content (AvgIpc) is 2.66. The number of rotatable bonds is 10. The van der Waals surface area contributed by atoms with E-state index in [0.29, 0.717) is 31.3 Å². The van der Waals surface area contributed by atoms with Crippen molar-refractivity contribution >= 4 is 18.3 Å². The summed E-state index contributed by atoms with van der Waals surface area (Å²) in [5.41, 5.74) is -0.639. The van der Waals surface area contributed by atoms with E-state index in [4.69, 9.17) is 14.2 Å². The second-order valence-electron chi connectivity index (χ2n) is 8.78. The van der Waals surface area contributed by atoms with Gasteiger partial charge in [-0.25, -0.2) is 14.4 Å². The molecule has 1 aromatic rings. The largest absolute Gasteiger partial charge is 0.519 e. The molecule has 1 N–H and O–H groups in total. The van der Waals surface area contributed by atoms with Gasteiger partial charge >= 0.3 is 18.3 Å². The van der Waals surface area contributed by atoms with Gasteiger partial charge in [-0.2, -0.15) is 0 Å². The molecule has 0 saturated heterocycles. The van der Waals surface area contributed by atoms with Crippen LogP contribution in [0.2, 0.25) is 0 Å². The monoisotopic (exact) mass is 450 g/mol. The molecule has 1 unspecified atom stereocenters. The third-order valence-electron chi connectivity index (χ3n) is 4.93. The molecule has 0 spiro atoms. The van der Waals surface area contributed by atoms with Crippen molar-refractivity contribution in [2.75, 3.05) is 0 Å². The van der Waals surface area contributed by atoms with Gasteiger partial charge in [-0.1, -0.05) is 25.6 Å². The smallest absolute Gasteiger partial charge is 0.508 e. The summed E-state index contributed by atoms with van der Waals surface area (Å²) in [4.78, 5) is 35.8. The zero-order valence-corrected chi connectivity index (χ0v) is 19.7. The molecule has 1 aromatic carbocycles. The standard InChI is InChI=1S/C24H34O8/c1-8-23(4,5)31-21(27)30-22(28)32-24(6,7)15-9-10-16(2)20(26)29-17(3)18-11-13-19(25)14-12-18/h11-14,17,25H,2,8-10,15H2,1,3-7H3. The molecule has 1 atom stereocenters. The first-order valence-corrected chi connectivity index (χ1v) is 10.6. The Morgan fingerprint density at radius 3 is 2.06 bits per heavy atom. The number of benzene rings is 1. The molecule has 0 amide bonds. The zero-order valence-electron chi connectivity index (χ0n) is 19.7. The minimum Gasteiger partial charge on any atom is -0.508 e. The van der Waals surface area contributed by atoms with Gasteiger partial charge < -0.3 is 24.1 Å². The van der Waals surface area contributed by atoms with Gasteiger partial charge in [-0.3, -0.25) is 0 Å². The Morgan fingerprint density at radius 2 is 1.53 bits per heavy atom. The van der Waals surface area contributed by atoms with Gasteiger partial charge in [0.25, 0.3) is 0 Å². The van der Waals surface area contributed by atoms with Gasteiger partial charge in [0, 0.05) is 5.57 Å². The lowest BCUT2D eigenvalue weighted by molar-refractivity contribution is -0.144. The van der Waals surface area contributed by atoms with Crippen molar-refractivity contribution in [2.24, 2.45) is 0 Å². The minimum absolute atomic E-state index is 0.132. The molecule has 0 fully saturated rings. The highest BCUT2D eigenvalue weighted by Gasteiger charge is 2.28. The maximum absolute atomic E-state index is 12.3. The molecule has 0 aromatic heterocycles. The fourth-order valence-corrected chi connectivity index (χ4v) is 2.57. The zero-order chi connectivity index (χ0) is 24.5. The number of hydrogen-bond acceptors (Lipinski definition) is 8. The van der Waals surface area contributed by atoms with Crippen LogP contribution in [0.4, 0.5) is 9.59 Å². The van der Waals surface area contributed by atoms with E-state index in [2.05, 4.69) is 11.3 Å². The molecule has 0 aliphatic carbocycles. The van der Waals surface area contributed by atoms with Crippen LogP contribution < -0.4 is 0 Å². The maximum atomic E-state index is 12.3. The number of aromatic hydroxyl groups is 1. The van der Waals surface area contributed by atoms with E-state index in [0.717, 1.165) is 5.56 Å². The van der Waals surface area contributed by atoms with E-state index in [1.54, 1.807) is 46.8 Å². The Labute approximate surface area is 189 Å². The van der Waals surface area contributed by atoms with Crippen LogP contribution in [0, 0.1) is 0 Å². The summed E-state index contributed by atoms with van der Waals surface area (Å²) in [6.45, 7) is 14.1. The van der Waals surface area contributed by atoms with Crippen molar-refractivity contribution in [3.63, 3.8) is 0 Å². The Hall–Kier alpha value is -3.03. The fraction of sp³-hybridized carbons (Fsp3) is 0.542. The number of phenols is 1. The van der Waals surface area contributed by atoms with Crippen LogP contribution in [0.5, 0.6) is 5.75 Å². The summed E-state index contributed by atoms with van der Waals surface area (Å²) in [5.74, 6) is -0.392. The van der Waals surface area contributed by atoms with Crippen molar-refractivity contribution in [3.8, 4) is 5.75 Å². The van der Waals surface area contributed by atoms with Crippen LogP contribution in [-0.4, -0.2) is 34.6 Å². The predicted molar refractivity (Wildman–Crippen MR) is 118 cm³/mol. The van der Waals surface area contributed by atoms with Crippen molar-refractivity contribution in [1.29, 1.82) is 0 Å². The lowest BCUT2D eigenvalue weighted by atomic mass is 9.99. The quantitative estimate of drug-likeness (QED) is 0.201. The lowest BCUT2D eigenvalue weighted by Crippen LogP contribution is -2.32. The summed E-state index contributed by atoms with van der Waals surface area (Å²) in [6.07, 6.45) is -0.957. The summed E-state index contributed by atoms with van der Waals surface area (Å²) < 4.78 is 20.2. The minimum atomic E-state index is -1.15. The molecule has 0 aliphatic heterocycles. The number of carbonyl (C=O) groups excluding carboxylic acids is 3. The highest BCUT2D eigenvalue weighted by Crippen LogP contribution is 2.24. The lowest BCUT2D eigenvalue weighted by Gasteiger charge is -2.25. The van der Waals surface area contributed by atoms with Gasteiger partial charge in [0.1, 0.15) is 23.1 Å². The number of phenolic OH excluding ortho intramolecular Hbond substituents is 1. The summed E-state index contributed by atoms with van der Waals surface area (Å²) in [7, 11) is 0. The summed E-state index contributed by atoms with van der Waals surface area (Å²) >= 11 is 0. The third-order valence-corrected chi connectivity index (χ3v) is 4.93. The average molecular weight is 451 g/mol. The highest BCUT2D eigenvalue weighted by molar-refractivity contribution is 5.87. The first-order chi connectivity index (χ1) is 14.7. The molecule has 8 nitrogen and oxygen atoms in total. The van der Waals surface area contributed by atoms with Gasteiger partial charge in [0.2, 0.25) is 0 Å². The molecule has 0 bridgehead atoms. The predicted octanol–water partition coefficient (Wildman–Crippen LogP) is 5.98. The SMILES string of the molecule is C=C(CCCC(C)(C)OC(=O)OC(=O)OC(C)(C)CC)C(=O)OC(C)c1ccc(O)cc1. The maximum Gasteiger partial charge on any atom is 0.519 e. The second-order valence-corrected chi connectivity index (χ2v) is 8.78. The number of hydrogen-bond donors (Lipinski definition) is 1. The van der Waals surface area contributed by atoms with Gasteiger partial charge in [0.15, 0.2) is 0 Å². The molecule has 178 valence electrons. The Bertz CT molecular complexity index is 808. The molecular weight excluding hydrogens is 416 g/mol. The van der Waals surface area contributed by atoms with E-state index in [1.807, 2.05) is 6.92 Å². The van der Waals surface area contributed by atoms with Gasteiger partial charge in [-0.05, 0) is 78.0 Å². The molecule has 0 saturated carbocycles. The van der Waals surface area contributed by atoms with Crippen LogP contribution in [-0.2, 0) is 23.7 Å². The van der Waals surface area contributed by atoms with Crippen molar-refractivity contribution in [2.45, 2.75) is 84.5 Å². The van der Waals surface area contributed by atoms with Crippen molar-refractivity contribution in [3.05, 3.63) is 42.0 Å². The van der Waals surface area contributed by atoms with E-state index in [1.165, 1.54) is 12.1 Å². The van der Waals surface area contributed by atoms with E-state index in [9.17, 15) is 19.5 Å². The first-order valence-electron chi connectivity index (χ1n) is 10.6. The van der Waals surface area contributed by atoms with Crippen LogP contribution in [0.3, 0.4) is 0 Å². The Balaban J connectivity index is 2.42. The Morgan fingerprint density at radius 1 is 1.00 bits per heavy atom. The molecule has 0 radical (unpaired) electrons. The normalized spacial score (nSPS) is 12.4. The fourth-order valence-electron chi connectivity index (χ4n) is 2.57. The molecule has 8 heteroatoms. The van der Waals surface area contributed by atoms with E-state index >= 15 is 0 Å². The van der Waals surface area contributed by atoms with Crippen LogP contribution in [0.25, 0.3) is 0 Å². The van der Waals surface area contributed by atoms with Crippen LogP contribution in [0.15, 0.2) is 36.4 Å². The van der Waals surface area contributed by atoms with Gasteiger partial charge in [-0.15, -0.1) is 0 Å². The van der Waals surface area contributed by atoms with Crippen molar-refractivity contribution in [1.82, 2.24) is 0 Å². The van der Waals surface area contributed by atoms with Crippen LogP contribution >= 0.6 is 0 Å². The third kappa shape index (κ3) is 9.85. The molecule has 0 heterocycles. The topological polar surface area (TPSA) is 108 Å². The molecule has 32 heavy (non-hydrogen) atoms. The highest BCUT2D eigenvalue weighted by atomic mass is 16.8. The van der Waals surface area contributed by atoms with E-state index < -0.39 is 35.6 Å². The molecular formula is C24H34O8. The van der Waals surface area contributed by atoms with Crippen molar-refractivity contribution < 1.29 is 38.4 Å². The first kappa shape index (κ1) is 27.0. The number of carbonyl (C=O) groups is 3. The molecule has 1 rings (SSSR count). The summed E-state index contributed by atoms with van der Waals surface area (Å²) in [5, 5.41) is 9.34. The second kappa shape index (κ2) is 11.5. The van der Waals surface area contributed by atoms with E-state index in [-0.39, 0.29) is 5.75 Å². The molecule has 0 aliphatic rings. The number of ether oxygens (including phenoxy) is 4. The number of esters is 1. The van der Waals surface area contributed by atoms with Crippen LogP contribution in [0.1, 0.15) is 78.9 Å².